The van der Waals surface area contributed by atoms with Crippen LogP contribution in [0.3, 0.4) is 0 Å². The van der Waals surface area contributed by atoms with Gasteiger partial charge in [0.2, 0.25) is 0 Å². The van der Waals surface area contributed by atoms with Gasteiger partial charge >= 0.3 is 5.97 Å². The molecule has 0 atom stereocenters. The molecule has 2 rings (SSSR count). The molecule has 5 nitrogen and oxygen atoms in total. The van der Waals surface area contributed by atoms with Crippen LogP contribution in [0, 0.1) is 0 Å². The van der Waals surface area contributed by atoms with E-state index in [1.54, 1.807) is 31.4 Å². The first-order valence-electron chi connectivity index (χ1n) is 6.94. The zero-order chi connectivity index (χ0) is 16.8. The zero-order valence-corrected chi connectivity index (χ0v) is 12.9. The van der Waals surface area contributed by atoms with E-state index in [0.717, 1.165) is 0 Å². The van der Waals surface area contributed by atoms with Crippen molar-refractivity contribution in [3.05, 3.63) is 65.2 Å². The summed E-state index contributed by atoms with van der Waals surface area (Å²) in [5, 5.41) is 0. The highest BCUT2D eigenvalue weighted by molar-refractivity contribution is 6.13. The Morgan fingerprint density at radius 2 is 1.17 bits per heavy atom. The molecule has 2 aromatic carbocycles. The molecular formula is C18H16O5. The summed E-state index contributed by atoms with van der Waals surface area (Å²) in [6.07, 6.45) is -0.232. The third kappa shape index (κ3) is 4.03. The van der Waals surface area contributed by atoms with Gasteiger partial charge in [0.25, 0.3) is 0 Å². The smallest absolute Gasteiger partial charge is 0.337 e. The highest BCUT2D eigenvalue weighted by Crippen LogP contribution is 2.14. The molecule has 118 valence electrons. The van der Waals surface area contributed by atoms with Crippen molar-refractivity contribution in [3.8, 4) is 5.75 Å². The third-order valence-corrected chi connectivity index (χ3v) is 3.36. The molecule has 0 fully saturated rings. The standard InChI is InChI=1S/C18H16O5/c1-22-15-9-7-13(8-10-15)17(20)11-16(19)12-3-5-14(6-4-12)18(21)23-2/h3-10H,11H2,1-2H3. The Morgan fingerprint density at radius 3 is 1.61 bits per heavy atom. The lowest BCUT2D eigenvalue weighted by molar-refractivity contribution is 0.0600. The minimum atomic E-state index is -0.474. The minimum absolute atomic E-state index is 0.232. The van der Waals surface area contributed by atoms with Crippen LogP contribution in [0.4, 0.5) is 0 Å². The molecule has 23 heavy (non-hydrogen) atoms. The first-order chi connectivity index (χ1) is 11.0. The largest absolute Gasteiger partial charge is 0.497 e. The lowest BCUT2D eigenvalue weighted by atomic mass is 10.0. The van der Waals surface area contributed by atoms with Gasteiger partial charge in [0.15, 0.2) is 11.6 Å². The SMILES string of the molecule is COC(=O)c1ccc(C(=O)CC(=O)c2ccc(OC)cc2)cc1. The fourth-order valence-electron chi connectivity index (χ4n) is 2.04. The van der Waals surface area contributed by atoms with Crippen LogP contribution in [0.15, 0.2) is 48.5 Å². The fraction of sp³-hybridized carbons (Fsp3) is 0.167. The van der Waals surface area contributed by atoms with Crippen LogP contribution in [-0.2, 0) is 4.74 Å². The van der Waals surface area contributed by atoms with Gasteiger partial charge in [-0.2, -0.15) is 0 Å². The molecule has 5 heteroatoms. The van der Waals surface area contributed by atoms with Crippen molar-refractivity contribution in [2.75, 3.05) is 14.2 Å². The van der Waals surface area contributed by atoms with Crippen LogP contribution in [0.5, 0.6) is 5.75 Å². The first-order valence-corrected chi connectivity index (χ1v) is 6.94. The van der Waals surface area contributed by atoms with E-state index in [2.05, 4.69) is 4.74 Å². The van der Waals surface area contributed by atoms with Crippen LogP contribution in [0.2, 0.25) is 0 Å². The molecule has 0 aliphatic carbocycles. The van der Waals surface area contributed by atoms with Gasteiger partial charge in [-0.3, -0.25) is 9.59 Å². The van der Waals surface area contributed by atoms with E-state index in [-0.39, 0.29) is 18.0 Å². The zero-order valence-electron chi connectivity index (χ0n) is 12.9. The average molecular weight is 312 g/mol. The molecule has 0 aromatic heterocycles. The number of methoxy groups -OCH3 is 2. The van der Waals surface area contributed by atoms with Crippen molar-refractivity contribution in [3.63, 3.8) is 0 Å². The summed E-state index contributed by atoms with van der Waals surface area (Å²) >= 11 is 0. The van der Waals surface area contributed by atoms with Crippen LogP contribution in [0.1, 0.15) is 37.5 Å². The molecule has 0 amide bonds. The maximum atomic E-state index is 12.1. The van der Waals surface area contributed by atoms with E-state index in [4.69, 9.17) is 4.74 Å². The van der Waals surface area contributed by atoms with Crippen molar-refractivity contribution in [1.82, 2.24) is 0 Å². The molecule has 0 saturated heterocycles. The molecule has 2 aromatic rings. The predicted octanol–water partition coefficient (Wildman–Crippen LogP) is 2.94. The van der Waals surface area contributed by atoms with E-state index in [1.807, 2.05) is 0 Å². The van der Waals surface area contributed by atoms with Crippen molar-refractivity contribution < 1.29 is 23.9 Å². The summed E-state index contributed by atoms with van der Waals surface area (Å²) in [6.45, 7) is 0. The van der Waals surface area contributed by atoms with Crippen LogP contribution in [0.25, 0.3) is 0 Å². The molecule has 0 aliphatic rings. The highest BCUT2D eigenvalue weighted by Gasteiger charge is 2.14. The Balaban J connectivity index is 2.05. The van der Waals surface area contributed by atoms with Crippen molar-refractivity contribution in [2.45, 2.75) is 6.42 Å². The summed E-state index contributed by atoms with van der Waals surface area (Å²) < 4.78 is 9.61. The monoisotopic (exact) mass is 312 g/mol. The molecule has 0 spiro atoms. The second-order valence-corrected chi connectivity index (χ2v) is 4.82. The molecule has 0 N–H and O–H groups in total. The number of rotatable bonds is 6. The average Bonchev–Trinajstić information content (AvgIpc) is 2.61. The highest BCUT2D eigenvalue weighted by atomic mass is 16.5. The Hall–Kier alpha value is -2.95. The Bertz CT molecular complexity index is 714. The Kier molecular flexibility index (Phi) is 5.25. The molecule has 0 bridgehead atoms. The van der Waals surface area contributed by atoms with Crippen molar-refractivity contribution >= 4 is 17.5 Å². The van der Waals surface area contributed by atoms with Crippen LogP contribution < -0.4 is 4.74 Å². The number of ketones is 2. The number of hydrogen-bond acceptors (Lipinski definition) is 5. The molecular weight excluding hydrogens is 296 g/mol. The lowest BCUT2D eigenvalue weighted by Gasteiger charge is -2.04. The van der Waals surface area contributed by atoms with Crippen molar-refractivity contribution in [2.24, 2.45) is 0 Å². The van der Waals surface area contributed by atoms with Crippen LogP contribution >= 0.6 is 0 Å². The summed E-state index contributed by atoms with van der Waals surface area (Å²) in [5.74, 6) is -0.401. The van der Waals surface area contributed by atoms with E-state index < -0.39 is 5.97 Å². The van der Waals surface area contributed by atoms with Gasteiger partial charge in [-0.05, 0) is 36.4 Å². The molecule has 0 unspecified atom stereocenters. The topological polar surface area (TPSA) is 69.7 Å². The van der Waals surface area contributed by atoms with E-state index in [1.165, 1.54) is 31.4 Å². The Labute approximate surface area is 133 Å². The van der Waals surface area contributed by atoms with Gasteiger partial charge in [-0.25, -0.2) is 4.79 Å². The van der Waals surface area contributed by atoms with Gasteiger partial charge in [0.05, 0.1) is 26.2 Å². The minimum Gasteiger partial charge on any atom is -0.497 e. The lowest BCUT2D eigenvalue weighted by Crippen LogP contribution is -2.09. The predicted molar refractivity (Wildman–Crippen MR) is 84.1 cm³/mol. The Morgan fingerprint density at radius 1 is 0.739 bits per heavy atom. The van der Waals surface area contributed by atoms with Gasteiger partial charge in [0, 0.05) is 11.1 Å². The van der Waals surface area contributed by atoms with Gasteiger partial charge < -0.3 is 9.47 Å². The maximum Gasteiger partial charge on any atom is 0.337 e. The number of Topliss-reactive ketones (excluding diaryl/α,β-unsaturated/α-hetero) is 2. The van der Waals surface area contributed by atoms with Crippen molar-refractivity contribution in [1.29, 1.82) is 0 Å². The summed E-state index contributed by atoms with van der Waals surface area (Å²) in [5.41, 5.74) is 1.18. The van der Waals surface area contributed by atoms with E-state index in [9.17, 15) is 14.4 Å². The fourth-order valence-corrected chi connectivity index (χ4v) is 2.04. The quantitative estimate of drug-likeness (QED) is 0.466. The summed E-state index contributed by atoms with van der Waals surface area (Å²) in [4.78, 5) is 35.6. The van der Waals surface area contributed by atoms with Crippen LogP contribution in [-0.4, -0.2) is 31.8 Å². The first kappa shape index (κ1) is 16.4. The number of hydrogen-bond donors (Lipinski definition) is 0. The molecule has 0 radical (unpaired) electrons. The molecule has 0 saturated carbocycles. The van der Waals surface area contributed by atoms with Gasteiger partial charge in [-0.1, -0.05) is 12.1 Å². The van der Waals surface area contributed by atoms with Gasteiger partial charge in [0.1, 0.15) is 5.75 Å². The maximum absolute atomic E-state index is 12.1. The third-order valence-electron chi connectivity index (χ3n) is 3.36. The molecule has 0 heterocycles. The number of esters is 1. The normalized spacial score (nSPS) is 10.0. The number of carbonyl (C=O) groups excluding carboxylic acids is 3. The van der Waals surface area contributed by atoms with E-state index in [0.29, 0.717) is 22.4 Å². The number of benzene rings is 2. The van der Waals surface area contributed by atoms with Gasteiger partial charge in [-0.15, -0.1) is 0 Å². The number of carbonyl (C=O) groups is 3. The summed E-state index contributed by atoms with van der Waals surface area (Å²) in [6, 6.07) is 12.6. The molecule has 0 aliphatic heterocycles. The van der Waals surface area contributed by atoms with E-state index >= 15 is 0 Å². The summed E-state index contributed by atoms with van der Waals surface area (Å²) in [7, 11) is 2.83. The number of ether oxygens (including phenoxy) is 2. The second-order valence-electron chi connectivity index (χ2n) is 4.82. The second kappa shape index (κ2) is 7.35.